The van der Waals surface area contributed by atoms with Gasteiger partial charge in [-0.3, -0.25) is 0 Å². The predicted molar refractivity (Wildman–Crippen MR) is 38.5 cm³/mol. The SMILES string of the molecule is [CH2]C(=C)S(=O)(=O)CC=C. The van der Waals surface area contributed by atoms with Crippen molar-refractivity contribution >= 4 is 9.84 Å². The maximum atomic E-state index is 10.7. The van der Waals surface area contributed by atoms with Crippen molar-refractivity contribution < 1.29 is 8.42 Å². The van der Waals surface area contributed by atoms with E-state index in [0.29, 0.717) is 0 Å². The fourth-order valence-corrected chi connectivity index (χ4v) is 0.819. The molecule has 0 rings (SSSR count). The Labute approximate surface area is 55.8 Å². The summed E-state index contributed by atoms with van der Waals surface area (Å²) in [5.74, 6) is -0.0741. The molecule has 0 unspecified atom stereocenters. The highest BCUT2D eigenvalue weighted by Crippen LogP contribution is 2.01. The van der Waals surface area contributed by atoms with Crippen molar-refractivity contribution in [1.82, 2.24) is 0 Å². The van der Waals surface area contributed by atoms with E-state index in [1.54, 1.807) is 0 Å². The van der Waals surface area contributed by atoms with Gasteiger partial charge in [0.1, 0.15) is 0 Å². The van der Waals surface area contributed by atoms with Gasteiger partial charge in [-0.25, -0.2) is 8.42 Å². The van der Waals surface area contributed by atoms with E-state index >= 15 is 0 Å². The maximum Gasteiger partial charge on any atom is 0.177 e. The molecule has 0 aliphatic heterocycles. The van der Waals surface area contributed by atoms with Gasteiger partial charge in [0.2, 0.25) is 0 Å². The molecule has 0 saturated carbocycles. The first-order valence-electron chi connectivity index (χ1n) is 2.35. The molecule has 0 heterocycles. The van der Waals surface area contributed by atoms with Crippen LogP contribution in [0.2, 0.25) is 0 Å². The Morgan fingerprint density at radius 1 is 1.56 bits per heavy atom. The van der Waals surface area contributed by atoms with Crippen LogP contribution in [0.25, 0.3) is 0 Å². The van der Waals surface area contributed by atoms with Gasteiger partial charge < -0.3 is 0 Å². The Bertz CT molecular complexity index is 211. The van der Waals surface area contributed by atoms with Crippen molar-refractivity contribution in [3.05, 3.63) is 31.1 Å². The molecule has 0 aromatic carbocycles. The molecule has 0 amide bonds. The van der Waals surface area contributed by atoms with E-state index < -0.39 is 9.84 Å². The Kier molecular flexibility index (Phi) is 2.65. The van der Waals surface area contributed by atoms with Gasteiger partial charge in [0.15, 0.2) is 9.84 Å². The molecule has 0 saturated heterocycles. The van der Waals surface area contributed by atoms with Crippen molar-refractivity contribution in [3.63, 3.8) is 0 Å². The zero-order chi connectivity index (χ0) is 7.49. The first-order chi connectivity index (χ1) is 4.00. The fraction of sp³-hybridized carbons (Fsp3) is 0.167. The predicted octanol–water partition coefficient (Wildman–Crippen LogP) is 0.935. The van der Waals surface area contributed by atoms with Gasteiger partial charge in [0, 0.05) is 4.91 Å². The molecular formula is C6H9O2S. The molecule has 0 aromatic rings. The molecule has 51 valence electrons. The van der Waals surface area contributed by atoms with E-state index in [1.807, 2.05) is 0 Å². The maximum absolute atomic E-state index is 10.7. The van der Waals surface area contributed by atoms with Crippen LogP contribution in [0.4, 0.5) is 0 Å². The van der Waals surface area contributed by atoms with Gasteiger partial charge in [0.25, 0.3) is 0 Å². The molecule has 0 aromatic heterocycles. The van der Waals surface area contributed by atoms with Crippen LogP contribution in [-0.2, 0) is 9.84 Å². The third-order valence-corrected chi connectivity index (χ3v) is 2.33. The topological polar surface area (TPSA) is 34.1 Å². The van der Waals surface area contributed by atoms with Gasteiger partial charge >= 0.3 is 0 Å². The van der Waals surface area contributed by atoms with Crippen LogP contribution in [-0.4, -0.2) is 14.2 Å². The lowest BCUT2D eigenvalue weighted by Gasteiger charge is -1.95. The lowest BCUT2D eigenvalue weighted by Crippen LogP contribution is -2.03. The summed E-state index contributed by atoms with van der Waals surface area (Å²) in [7, 11) is -3.17. The highest BCUT2D eigenvalue weighted by Gasteiger charge is 2.07. The zero-order valence-electron chi connectivity index (χ0n) is 5.13. The normalized spacial score (nSPS) is 10.8. The van der Waals surface area contributed by atoms with Crippen molar-refractivity contribution in [2.45, 2.75) is 0 Å². The Hall–Kier alpha value is -0.570. The van der Waals surface area contributed by atoms with Crippen LogP contribution < -0.4 is 0 Å². The number of hydrogen-bond donors (Lipinski definition) is 0. The van der Waals surface area contributed by atoms with Crippen LogP contribution in [0, 0.1) is 6.92 Å². The molecule has 0 aliphatic carbocycles. The molecule has 0 spiro atoms. The molecule has 0 aliphatic rings. The van der Waals surface area contributed by atoms with Crippen molar-refractivity contribution in [2.75, 3.05) is 5.75 Å². The van der Waals surface area contributed by atoms with Crippen LogP contribution in [0.5, 0.6) is 0 Å². The molecule has 0 atom stereocenters. The molecule has 9 heavy (non-hydrogen) atoms. The summed E-state index contributed by atoms with van der Waals surface area (Å²) >= 11 is 0. The summed E-state index contributed by atoms with van der Waals surface area (Å²) in [5, 5.41) is 0. The Balaban J connectivity index is 4.41. The van der Waals surface area contributed by atoms with Crippen LogP contribution in [0.1, 0.15) is 0 Å². The molecule has 0 N–H and O–H groups in total. The third kappa shape index (κ3) is 2.46. The first kappa shape index (κ1) is 8.43. The first-order valence-corrected chi connectivity index (χ1v) is 4.00. The van der Waals surface area contributed by atoms with Gasteiger partial charge in [-0.05, 0) is 6.92 Å². The number of sulfone groups is 1. The lowest BCUT2D eigenvalue weighted by atomic mass is 10.7. The van der Waals surface area contributed by atoms with Crippen LogP contribution >= 0.6 is 0 Å². The molecule has 3 heteroatoms. The van der Waals surface area contributed by atoms with Gasteiger partial charge in [0.05, 0.1) is 5.75 Å². The smallest absolute Gasteiger partial charge is 0.177 e. The van der Waals surface area contributed by atoms with Crippen molar-refractivity contribution in [1.29, 1.82) is 0 Å². The minimum atomic E-state index is -3.17. The summed E-state index contributed by atoms with van der Waals surface area (Å²) in [6.07, 6.45) is 1.31. The molecule has 0 fully saturated rings. The second-order valence-corrected chi connectivity index (χ2v) is 3.75. The summed E-state index contributed by atoms with van der Waals surface area (Å²) in [5.41, 5.74) is 0. The van der Waals surface area contributed by atoms with Gasteiger partial charge in [-0.2, -0.15) is 0 Å². The van der Waals surface area contributed by atoms with Crippen molar-refractivity contribution in [3.8, 4) is 0 Å². The molecular weight excluding hydrogens is 136 g/mol. The summed E-state index contributed by atoms with van der Waals surface area (Å²) in [4.78, 5) is -0.0533. The van der Waals surface area contributed by atoms with Crippen molar-refractivity contribution in [2.24, 2.45) is 0 Å². The largest absolute Gasteiger partial charge is 0.224 e. The summed E-state index contributed by atoms with van der Waals surface area (Å²) < 4.78 is 21.4. The van der Waals surface area contributed by atoms with E-state index in [9.17, 15) is 8.42 Å². The van der Waals surface area contributed by atoms with Crippen LogP contribution in [0.15, 0.2) is 24.1 Å². The summed E-state index contributed by atoms with van der Waals surface area (Å²) in [6.45, 7) is 9.68. The van der Waals surface area contributed by atoms with E-state index in [4.69, 9.17) is 0 Å². The highest BCUT2D eigenvalue weighted by atomic mass is 32.2. The average molecular weight is 145 g/mol. The van der Waals surface area contributed by atoms with E-state index in [-0.39, 0.29) is 10.7 Å². The average Bonchev–Trinajstić information content (AvgIpc) is 1.65. The van der Waals surface area contributed by atoms with Gasteiger partial charge in [-0.1, -0.05) is 12.7 Å². The fourth-order valence-electron chi connectivity index (χ4n) is 0.273. The number of allylic oxidation sites excluding steroid dienone is 1. The number of rotatable bonds is 3. The molecule has 2 nitrogen and oxygen atoms in total. The minimum Gasteiger partial charge on any atom is -0.224 e. The highest BCUT2D eigenvalue weighted by molar-refractivity contribution is 7.95. The zero-order valence-corrected chi connectivity index (χ0v) is 5.95. The van der Waals surface area contributed by atoms with Gasteiger partial charge in [-0.15, -0.1) is 6.58 Å². The lowest BCUT2D eigenvalue weighted by molar-refractivity contribution is 0.606. The Morgan fingerprint density at radius 2 is 2.00 bits per heavy atom. The molecule has 0 bridgehead atoms. The van der Waals surface area contributed by atoms with E-state index in [2.05, 4.69) is 20.1 Å². The summed E-state index contributed by atoms with van der Waals surface area (Å²) in [6, 6.07) is 0. The molecule has 1 radical (unpaired) electrons. The monoisotopic (exact) mass is 145 g/mol. The number of hydrogen-bond acceptors (Lipinski definition) is 2. The Morgan fingerprint density at radius 3 is 2.11 bits per heavy atom. The standard InChI is InChI=1S/C6H9O2S/c1-4-5-9(7,8)6(2)3/h4H,1-3,5H2. The van der Waals surface area contributed by atoms with Crippen LogP contribution in [0.3, 0.4) is 0 Å². The van der Waals surface area contributed by atoms with E-state index in [1.165, 1.54) is 6.08 Å². The minimum absolute atomic E-state index is 0.0533. The van der Waals surface area contributed by atoms with E-state index in [0.717, 1.165) is 0 Å². The quantitative estimate of drug-likeness (QED) is 0.554. The third-order valence-electron chi connectivity index (χ3n) is 0.777. The second kappa shape index (κ2) is 2.82. The second-order valence-electron chi connectivity index (χ2n) is 1.61.